The van der Waals surface area contributed by atoms with Gasteiger partial charge < -0.3 is 0 Å². The number of nitrogens with zero attached hydrogens (tertiary/aromatic N) is 1. The molecule has 122 valence electrons. The summed E-state index contributed by atoms with van der Waals surface area (Å²) in [4.78, 5) is 34.4. The number of hydrazine groups is 1. The van der Waals surface area contributed by atoms with Gasteiger partial charge in [0.1, 0.15) is 0 Å². The van der Waals surface area contributed by atoms with Gasteiger partial charge in [-0.25, -0.2) is 15.6 Å². The van der Waals surface area contributed by atoms with Gasteiger partial charge in [-0.2, -0.15) is 5.10 Å². The van der Waals surface area contributed by atoms with Crippen LogP contribution in [0, 0.1) is 3.57 Å². The van der Waals surface area contributed by atoms with Gasteiger partial charge in [0.25, 0.3) is 11.8 Å². The number of imide groups is 1. The lowest BCUT2D eigenvalue weighted by molar-refractivity contribution is -0.126. The van der Waals surface area contributed by atoms with E-state index in [0.717, 1.165) is 9.13 Å². The summed E-state index contributed by atoms with van der Waals surface area (Å²) >= 11 is 2.17. The Morgan fingerprint density at radius 1 is 1.39 bits per heavy atom. The summed E-state index contributed by atoms with van der Waals surface area (Å²) < 4.78 is 1.01. The third kappa shape index (κ3) is 4.97. The molecule has 0 aromatic heterocycles. The Labute approximate surface area is 145 Å². The van der Waals surface area contributed by atoms with Crippen molar-refractivity contribution in [2.24, 2.45) is 5.10 Å². The second-order valence-electron chi connectivity index (χ2n) is 4.66. The fourth-order valence-corrected chi connectivity index (χ4v) is 2.23. The van der Waals surface area contributed by atoms with Crippen LogP contribution in [0.3, 0.4) is 0 Å². The lowest BCUT2D eigenvalue weighted by Crippen LogP contribution is -2.68. The summed E-state index contributed by atoms with van der Waals surface area (Å²) in [5, 5.41) is 8.68. The SMILES string of the molecule is CC(NC1NNC(=O)NC1=O)C(=O)N/N=C/c1ccccc1I. The molecule has 10 heteroatoms. The summed E-state index contributed by atoms with van der Waals surface area (Å²) in [5.74, 6) is -0.991. The minimum absolute atomic E-state index is 0.418. The average molecular weight is 430 g/mol. The Morgan fingerprint density at radius 2 is 2.13 bits per heavy atom. The first kappa shape index (κ1) is 17.3. The number of carbonyl (C=O) groups excluding carboxylic acids is 3. The van der Waals surface area contributed by atoms with Crippen molar-refractivity contribution in [2.45, 2.75) is 19.1 Å². The van der Waals surface area contributed by atoms with E-state index in [-0.39, 0.29) is 0 Å². The van der Waals surface area contributed by atoms with Crippen LogP contribution in [-0.4, -0.2) is 36.3 Å². The van der Waals surface area contributed by atoms with Crippen LogP contribution < -0.4 is 26.9 Å². The van der Waals surface area contributed by atoms with Crippen molar-refractivity contribution in [3.8, 4) is 0 Å². The number of nitrogens with one attached hydrogen (secondary N) is 5. The molecule has 1 aromatic carbocycles. The minimum Gasteiger partial charge on any atom is -0.281 e. The van der Waals surface area contributed by atoms with Gasteiger partial charge in [-0.1, -0.05) is 18.2 Å². The van der Waals surface area contributed by atoms with Gasteiger partial charge in [-0.3, -0.25) is 25.6 Å². The van der Waals surface area contributed by atoms with Gasteiger partial charge in [0.2, 0.25) is 0 Å². The largest absolute Gasteiger partial charge is 0.335 e. The second kappa shape index (κ2) is 7.99. The Bertz CT molecular complexity index is 650. The zero-order chi connectivity index (χ0) is 16.8. The van der Waals surface area contributed by atoms with Gasteiger partial charge in [-0.05, 0) is 35.6 Å². The molecule has 2 atom stereocenters. The van der Waals surface area contributed by atoms with Crippen molar-refractivity contribution in [1.82, 2.24) is 26.9 Å². The standard InChI is InChI=1S/C13H15IN6O3/c1-7(16-10-12(22)17-13(23)20-18-10)11(21)19-15-6-8-4-2-3-5-9(8)14/h2-7,10,16,18H,1H3,(H,19,21)(H2,17,20,22,23)/b15-6+. The summed E-state index contributed by atoms with van der Waals surface area (Å²) in [7, 11) is 0. The Balaban J connectivity index is 1.84. The highest BCUT2D eigenvalue weighted by Gasteiger charge is 2.28. The molecule has 1 aromatic rings. The predicted molar refractivity (Wildman–Crippen MR) is 91.1 cm³/mol. The lowest BCUT2D eigenvalue weighted by atomic mass is 10.2. The maximum absolute atomic E-state index is 11.9. The topological polar surface area (TPSA) is 124 Å². The average Bonchev–Trinajstić information content (AvgIpc) is 2.51. The van der Waals surface area contributed by atoms with Crippen LogP contribution in [0.2, 0.25) is 0 Å². The molecule has 1 heterocycles. The van der Waals surface area contributed by atoms with Crippen LogP contribution in [0.1, 0.15) is 12.5 Å². The number of hydrazone groups is 1. The van der Waals surface area contributed by atoms with E-state index in [0.29, 0.717) is 0 Å². The minimum atomic E-state index is -0.910. The highest BCUT2D eigenvalue weighted by Crippen LogP contribution is 2.08. The number of halogens is 1. The van der Waals surface area contributed by atoms with Crippen LogP contribution in [0.15, 0.2) is 29.4 Å². The normalized spacial score (nSPS) is 19.1. The fraction of sp³-hybridized carbons (Fsp3) is 0.231. The monoisotopic (exact) mass is 430 g/mol. The number of amides is 4. The number of urea groups is 1. The van der Waals surface area contributed by atoms with Crippen molar-refractivity contribution in [2.75, 3.05) is 0 Å². The summed E-state index contributed by atoms with van der Waals surface area (Å²) in [5.41, 5.74) is 7.95. The molecule has 0 aliphatic carbocycles. The molecule has 2 unspecified atom stereocenters. The number of carbonyl (C=O) groups is 3. The Kier molecular flexibility index (Phi) is 6.01. The first-order chi connectivity index (χ1) is 11.0. The number of rotatable bonds is 5. The smallest absolute Gasteiger partial charge is 0.281 e. The van der Waals surface area contributed by atoms with Crippen LogP contribution in [-0.2, 0) is 9.59 Å². The van der Waals surface area contributed by atoms with Gasteiger partial charge in [-0.15, -0.1) is 0 Å². The zero-order valence-electron chi connectivity index (χ0n) is 12.1. The molecule has 1 saturated heterocycles. The maximum atomic E-state index is 11.9. The molecule has 9 nitrogen and oxygen atoms in total. The summed E-state index contributed by atoms with van der Waals surface area (Å²) in [6.07, 6.45) is 0.630. The van der Waals surface area contributed by atoms with E-state index in [1.54, 1.807) is 6.92 Å². The van der Waals surface area contributed by atoms with Gasteiger partial charge in [0, 0.05) is 9.13 Å². The molecule has 4 amide bonds. The van der Waals surface area contributed by atoms with E-state index in [9.17, 15) is 14.4 Å². The lowest BCUT2D eigenvalue weighted by Gasteiger charge is -2.26. The van der Waals surface area contributed by atoms with Crippen molar-refractivity contribution in [3.63, 3.8) is 0 Å². The predicted octanol–water partition coefficient (Wildman–Crippen LogP) is -0.610. The number of hydrogen-bond acceptors (Lipinski definition) is 6. The molecule has 23 heavy (non-hydrogen) atoms. The molecule has 1 fully saturated rings. The first-order valence-electron chi connectivity index (χ1n) is 6.67. The van der Waals surface area contributed by atoms with Gasteiger partial charge in [0.15, 0.2) is 6.17 Å². The third-order valence-electron chi connectivity index (χ3n) is 2.92. The molecular weight excluding hydrogens is 415 g/mol. The number of hydrogen-bond donors (Lipinski definition) is 5. The van der Waals surface area contributed by atoms with Crippen LogP contribution in [0.4, 0.5) is 4.79 Å². The molecule has 0 bridgehead atoms. The summed E-state index contributed by atoms with van der Waals surface area (Å²) in [6, 6.07) is 6.22. The number of benzene rings is 1. The van der Waals surface area contributed by atoms with E-state index >= 15 is 0 Å². The first-order valence-corrected chi connectivity index (χ1v) is 7.75. The van der Waals surface area contributed by atoms with E-state index in [4.69, 9.17) is 0 Å². The molecule has 1 aliphatic rings. The van der Waals surface area contributed by atoms with Crippen molar-refractivity contribution >= 4 is 46.7 Å². The molecule has 1 aliphatic heterocycles. The van der Waals surface area contributed by atoms with E-state index in [1.807, 2.05) is 24.3 Å². The van der Waals surface area contributed by atoms with Gasteiger partial charge >= 0.3 is 6.03 Å². The molecule has 5 N–H and O–H groups in total. The molecule has 2 rings (SSSR count). The van der Waals surface area contributed by atoms with Crippen LogP contribution in [0.25, 0.3) is 0 Å². The Hall–Kier alpha value is -2.05. The zero-order valence-corrected chi connectivity index (χ0v) is 14.2. The van der Waals surface area contributed by atoms with Crippen LogP contribution in [0.5, 0.6) is 0 Å². The van der Waals surface area contributed by atoms with Crippen LogP contribution >= 0.6 is 22.6 Å². The molecule has 0 spiro atoms. The van der Waals surface area contributed by atoms with Crippen molar-refractivity contribution < 1.29 is 14.4 Å². The third-order valence-corrected chi connectivity index (χ3v) is 3.90. The van der Waals surface area contributed by atoms with E-state index < -0.39 is 30.1 Å². The Morgan fingerprint density at radius 3 is 2.83 bits per heavy atom. The summed E-state index contributed by atoms with van der Waals surface area (Å²) in [6.45, 7) is 1.57. The highest BCUT2D eigenvalue weighted by molar-refractivity contribution is 14.1. The van der Waals surface area contributed by atoms with Gasteiger partial charge in [0.05, 0.1) is 12.3 Å². The van der Waals surface area contributed by atoms with Crippen molar-refractivity contribution in [1.29, 1.82) is 0 Å². The fourth-order valence-electron chi connectivity index (χ4n) is 1.70. The van der Waals surface area contributed by atoms with E-state index in [1.165, 1.54) is 6.21 Å². The second-order valence-corrected chi connectivity index (χ2v) is 5.83. The highest BCUT2D eigenvalue weighted by atomic mass is 127. The maximum Gasteiger partial charge on any atom is 0.335 e. The molecule has 0 radical (unpaired) electrons. The molecular formula is C13H15IN6O3. The molecule has 0 saturated carbocycles. The van der Waals surface area contributed by atoms with E-state index in [2.05, 4.69) is 54.6 Å². The van der Waals surface area contributed by atoms with Crippen molar-refractivity contribution in [3.05, 3.63) is 33.4 Å². The quantitative estimate of drug-likeness (QED) is 0.242.